The van der Waals surface area contributed by atoms with Crippen LogP contribution in [0.4, 0.5) is 16.2 Å². The molecule has 0 aliphatic heterocycles. The van der Waals surface area contributed by atoms with Crippen LogP contribution < -0.4 is 10.2 Å². The molecule has 0 fully saturated rings. The SMILES string of the molecule is CCOC(=O)N(C)c1ccc(NC(=O)c2ccc(Cn3cncn3)cc2)cc1. The molecule has 3 rings (SSSR count). The molecule has 144 valence electrons. The fraction of sp³-hybridized carbons (Fsp3) is 0.200. The molecule has 0 aliphatic carbocycles. The van der Waals surface area contributed by atoms with Crippen molar-refractivity contribution in [3.8, 4) is 0 Å². The molecule has 1 aromatic heterocycles. The molecule has 8 nitrogen and oxygen atoms in total. The molecule has 0 saturated carbocycles. The Bertz CT molecular complexity index is 921. The summed E-state index contributed by atoms with van der Waals surface area (Å²) >= 11 is 0. The van der Waals surface area contributed by atoms with Gasteiger partial charge in [0.25, 0.3) is 5.91 Å². The van der Waals surface area contributed by atoms with E-state index in [-0.39, 0.29) is 5.91 Å². The van der Waals surface area contributed by atoms with Crippen molar-refractivity contribution in [2.75, 3.05) is 23.9 Å². The molecule has 28 heavy (non-hydrogen) atoms. The lowest BCUT2D eigenvalue weighted by Gasteiger charge is -2.17. The van der Waals surface area contributed by atoms with Gasteiger partial charge >= 0.3 is 6.09 Å². The number of hydrogen-bond donors (Lipinski definition) is 1. The van der Waals surface area contributed by atoms with Gasteiger partial charge < -0.3 is 10.1 Å². The third kappa shape index (κ3) is 4.73. The minimum atomic E-state index is -0.426. The van der Waals surface area contributed by atoms with E-state index in [0.717, 1.165) is 5.56 Å². The van der Waals surface area contributed by atoms with Crippen molar-refractivity contribution >= 4 is 23.4 Å². The molecule has 0 bridgehead atoms. The minimum Gasteiger partial charge on any atom is -0.449 e. The summed E-state index contributed by atoms with van der Waals surface area (Å²) in [5.74, 6) is -0.209. The lowest BCUT2D eigenvalue weighted by Crippen LogP contribution is -2.26. The fourth-order valence-electron chi connectivity index (χ4n) is 2.56. The van der Waals surface area contributed by atoms with E-state index >= 15 is 0 Å². The number of anilines is 2. The highest BCUT2D eigenvalue weighted by Crippen LogP contribution is 2.18. The van der Waals surface area contributed by atoms with E-state index in [2.05, 4.69) is 15.4 Å². The van der Waals surface area contributed by atoms with E-state index < -0.39 is 6.09 Å². The first kappa shape index (κ1) is 19.1. The second-order valence-electron chi connectivity index (χ2n) is 6.05. The molecule has 1 heterocycles. The van der Waals surface area contributed by atoms with Gasteiger partial charge in [0.2, 0.25) is 0 Å². The van der Waals surface area contributed by atoms with Crippen LogP contribution in [0.3, 0.4) is 0 Å². The molecule has 0 radical (unpaired) electrons. The smallest absolute Gasteiger partial charge is 0.413 e. The molecule has 0 saturated heterocycles. The number of nitrogens with one attached hydrogen (secondary N) is 1. The van der Waals surface area contributed by atoms with Gasteiger partial charge in [-0.15, -0.1) is 0 Å². The molecule has 0 spiro atoms. The molecule has 2 amide bonds. The summed E-state index contributed by atoms with van der Waals surface area (Å²) in [7, 11) is 1.63. The van der Waals surface area contributed by atoms with E-state index in [1.807, 2.05) is 12.1 Å². The maximum Gasteiger partial charge on any atom is 0.413 e. The van der Waals surface area contributed by atoms with Gasteiger partial charge in [0.15, 0.2) is 0 Å². The summed E-state index contributed by atoms with van der Waals surface area (Å²) in [6, 6.07) is 14.3. The Labute approximate surface area is 162 Å². The van der Waals surface area contributed by atoms with Crippen molar-refractivity contribution in [3.63, 3.8) is 0 Å². The van der Waals surface area contributed by atoms with E-state index in [9.17, 15) is 9.59 Å². The summed E-state index contributed by atoms with van der Waals surface area (Å²) in [5, 5.41) is 6.90. The highest BCUT2D eigenvalue weighted by molar-refractivity contribution is 6.04. The Hall–Kier alpha value is -3.68. The molecule has 8 heteroatoms. The molecule has 0 aliphatic rings. The van der Waals surface area contributed by atoms with E-state index in [0.29, 0.717) is 30.1 Å². The molecule has 0 unspecified atom stereocenters. The van der Waals surface area contributed by atoms with Gasteiger partial charge in [-0.1, -0.05) is 12.1 Å². The van der Waals surface area contributed by atoms with E-state index in [1.54, 1.807) is 61.4 Å². The van der Waals surface area contributed by atoms with Gasteiger partial charge in [0.1, 0.15) is 12.7 Å². The predicted octanol–water partition coefficient (Wildman–Crippen LogP) is 3.17. The molecule has 3 aromatic rings. The maximum absolute atomic E-state index is 12.4. The summed E-state index contributed by atoms with van der Waals surface area (Å²) in [4.78, 5) is 29.5. The first-order valence-corrected chi connectivity index (χ1v) is 8.80. The molecular formula is C20H21N5O3. The minimum absolute atomic E-state index is 0.209. The van der Waals surface area contributed by atoms with Crippen molar-refractivity contribution in [1.82, 2.24) is 14.8 Å². The number of benzene rings is 2. The van der Waals surface area contributed by atoms with Crippen LogP contribution >= 0.6 is 0 Å². The highest BCUT2D eigenvalue weighted by Gasteiger charge is 2.12. The quantitative estimate of drug-likeness (QED) is 0.710. The van der Waals surface area contributed by atoms with Crippen LogP contribution in [-0.2, 0) is 11.3 Å². The Morgan fingerprint density at radius 2 is 1.82 bits per heavy atom. The van der Waals surface area contributed by atoms with Gasteiger partial charge in [-0.25, -0.2) is 14.5 Å². The van der Waals surface area contributed by atoms with Crippen LogP contribution in [0.25, 0.3) is 0 Å². The zero-order chi connectivity index (χ0) is 19.9. The lowest BCUT2D eigenvalue weighted by atomic mass is 10.1. The summed E-state index contributed by atoms with van der Waals surface area (Å²) in [6.07, 6.45) is 2.70. The second kappa shape index (κ2) is 8.81. The van der Waals surface area contributed by atoms with Gasteiger partial charge in [0, 0.05) is 24.0 Å². The number of carbonyl (C=O) groups is 2. The number of rotatable bonds is 6. The monoisotopic (exact) mass is 379 g/mol. The van der Waals surface area contributed by atoms with Crippen LogP contribution in [0.15, 0.2) is 61.2 Å². The topological polar surface area (TPSA) is 89.4 Å². The van der Waals surface area contributed by atoms with Crippen molar-refractivity contribution in [2.45, 2.75) is 13.5 Å². The molecule has 1 N–H and O–H groups in total. The Morgan fingerprint density at radius 3 is 2.43 bits per heavy atom. The standard InChI is InChI=1S/C20H21N5O3/c1-3-28-20(27)24(2)18-10-8-17(9-11-18)23-19(26)16-6-4-15(5-7-16)12-25-14-21-13-22-25/h4-11,13-14H,3,12H2,1-2H3,(H,23,26). The van der Waals surface area contributed by atoms with Crippen molar-refractivity contribution in [1.29, 1.82) is 0 Å². The average molecular weight is 379 g/mol. The number of nitrogens with zero attached hydrogens (tertiary/aromatic N) is 4. The number of hydrogen-bond acceptors (Lipinski definition) is 5. The number of aromatic nitrogens is 3. The first-order chi connectivity index (χ1) is 13.6. The van der Waals surface area contributed by atoms with Gasteiger partial charge in [0.05, 0.1) is 13.2 Å². The highest BCUT2D eigenvalue weighted by atomic mass is 16.6. The number of ether oxygens (including phenoxy) is 1. The van der Waals surface area contributed by atoms with Crippen molar-refractivity contribution in [3.05, 3.63) is 72.3 Å². The van der Waals surface area contributed by atoms with Gasteiger partial charge in [-0.05, 0) is 48.9 Å². The maximum atomic E-state index is 12.4. The summed E-state index contributed by atoms with van der Waals surface area (Å²) < 4.78 is 6.67. The lowest BCUT2D eigenvalue weighted by molar-refractivity contribution is 0.102. The fourth-order valence-corrected chi connectivity index (χ4v) is 2.56. The Kier molecular flexibility index (Phi) is 6.01. The Balaban J connectivity index is 1.60. The predicted molar refractivity (Wildman–Crippen MR) is 105 cm³/mol. The van der Waals surface area contributed by atoms with Crippen LogP contribution in [0.5, 0.6) is 0 Å². The molecular weight excluding hydrogens is 358 g/mol. The largest absolute Gasteiger partial charge is 0.449 e. The summed E-state index contributed by atoms with van der Waals surface area (Å²) in [6.45, 7) is 2.66. The average Bonchev–Trinajstić information content (AvgIpc) is 3.22. The van der Waals surface area contributed by atoms with Gasteiger partial charge in [-0.3, -0.25) is 9.69 Å². The van der Waals surface area contributed by atoms with Crippen LogP contribution in [0.1, 0.15) is 22.8 Å². The first-order valence-electron chi connectivity index (χ1n) is 8.80. The van der Waals surface area contributed by atoms with E-state index in [1.165, 1.54) is 11.2 Å². The second-order valence-corrected chi connectivity index (χ2v) is 6.05. The van der Waals surface area contributed by atoms with Crippen LogP contribution in [-0.4, -0.2) is 40.4 Å². The summed E-state index contributed by atoms with van der Waals surface area (Å²) in [5.41, 5.74) is 2.88. The molecule has 0 atom stereocenters. The normalized spacial score (nSPS) is 10.4. The van der Waals surface area contributed by atoms with E-state index in [4.69, 9.17) is 4.74 Å². The van der Waals surface area contributed by atoms with Crippen molar-refractivity contribution < 1.29 is 14.3 Å². The zero-order valence-electron chi connectivity index (χ0n) is 15.7. The number of amides is 2. The Morgan fingerprint density at radius 1 is 1.11 bits per heavy atom. The van der Waals surface area contributed by atoms with Crippen LogP contribution in [0.2, 0.25) is 0 Å². The van der Waals surface area contributed by atoms with Crippen LogP contribution in [0, 0.1) is 0 Å². The zero-order valence-corrected chi connectivity index (χ0v) is 15.7. The number of carbonyl (C=O) groups excluding carboxylic acids is 2. The third-order valence-electron chi connectivity index (χ3n) is 4.08. The molecule has 2 aromatic carbocycles. The van der Waals surface area contributed by atoms with Gasteiger partial charge in [-0.2, -0.15) is 5.10 Å². The van der Waals surface area contributed by atoms with Crippen molar-refractivity contribution in [2.24, 2.45) is 0 Å². The third-order valence-corrected chi connectivity index (χ3v) is 4.08.